The summed E-state index contributed by atoms with van der Waals surface area (Å²) in [5, 5.41) is 8.87. The van der Waals surface area contributed by atoms with Crippen LogP contribution in [0.15, 0.2) is 0 Å². The fourth-order valence-corrected chi connectivity index (χ4v) is 2.03. The van der Waals surface area contributed by atoms with E-state index < -0.39 is 0 Å². The van der Waals surface area contributed by atoms with Crippen molar-refractivity contribution in [2.45, 2.75) is 32.7 Å². The summed E-state index contributed by atoms with van der Waals surface area (Å²) in [5.74, 6) is 0.00201. The number of hydrogen-bond donors (Lipinski definition) is 3. The first kappa shape index (κ1) is 15.9. The Balaban J connectivity index is 2.17. The molecule has 0 aromatic heterocycles. The number of rotatable bonds is 7. The Labute approximate surface area is 115 Å². The van der Waals surface area contributed by atoms with Crippen LogP contribution in [0.4, 0.5) is 0 Å². The fourth-order valence-electron chi connectivity index (χ4n) is 2.03. The molecule has 19 heavy (non-hydrogen) atoms. The van der Waals surface area contributed by atoms with Gasteiger partial charge in [0.2, 0.25) is 11.8 Å². The predicted molar refractivity (Wildman–Crippen MR) is 74.8 cm³/mol. The Hall–Kier alpha value is -1.14. The molecular formula is C13H26N4O2. The maximum Gasteiger partial charge on any atom is 0.237 e. The van der Waals surface area contributed by atoms with Gasteiger partial charge in [0.1, 0.15) is 0 Å². The standard InChI is InChI=1S/C13H26N4O2/c1-3-5-15-12(18)4-6-16-13(19)11(2)17-9-7-14-8-10-17/h11,14H,3-10H2,1-2H3,(H,15,18)(H,16,19). The molecule has 1 rings (SSSR count). The van der Waals surface area contributed by atoms with Gasteiger partial charge >= 0.3 is 0 Å². The smallest absolute Gasteiger partial charge is 0.237 e. The predicted octanol–water partition coefficient (Wildman–Crippen LogP) is -0.687. The van der Waals surface area contributed by atoms with Crippen LogP contribution < -0.4 is 16.0 Å². The number of nitrogens with zero attached hydrogens (tertiary/aromatic N) is 1. The highest BCUT2D eigenvalue weighted by Crippen LogP contribution is 2.00. The minimum Gasteiger partial charge on any atom is -0.356 e. The molecule has 6 nitrogen and oxygen atoms in total. The zero-order valence-corrected chi connectivity index (χ0v) is 12.0. The van der Waals surface area contributed by atoms with Gasteiger partial charge in [-0.2, -0.15) is 0 Å². The maximum absolute atomic E-state index is 11.9. The van der Waals surface area contributed by atoms with E-state index in [1.54, 1.807) is 0 Å². The monoisotopic (exact) mass is 270 g/mol. The second-order valence-corrected chi connectivity index (χ2v) is 4.85. The molecule has 0 aromatic rings. The summed E-state index contributed by atoms with van der Waals surface area (Å²) >= 11 is 0. The van der Waals surface area contributed by atoms with Crippen LogP contribution in [-0.2, 0) is 9.59 Å². The third kappa shape index (κ3) is 6.02. The van der Waals surface area contributed by atoms with Gasteiger partial charge in [-0.1, -0.05) is 6.92 Å². The first-order valence-electron chi connectivity index (χ1n) is 7.14. The largest absolute Gasteiger partial charge is 0.356 e. The van der Waals surface area contributed by atoms with Crippen molar-refractivity contribution in [1.82, 2.24) is 20.9 Å². The van der Waals surface area contributed by atoms with Crippen LogP contribution in [0.5, 0.6) is 0 Å². The van der Waals surface area contributed by atoms with Crippen molar-refractivity contribution < 1.29 is 9.59 Å². The van der Waals surface area contributed by atoms with Crippen molar-refractivity contribution >= 4 is 11.8 Å². The molecule has 1 heterocycles. The van der Waals surface area contributed by atoms with Gasteiger partial charge in [0.25, 0.3) is 0 Å². The van der Waals surface area contributed by atoms with Crippen molar-refractivity contribution in [1.29, 1.82) is 0 Å². The average Bonchev–Trinajstić information content (AvgIpc) is 2.45. The molecule has 6 heteroatoms. The highest BCUT2D eigenvalue weighted by molar-refractivity contribution is 5.82. The van der Waals surface area contributed by atoms with Crippen LogP contribution >= 0.6 is 0 Å². The number of nitrogens with one attached hydrogen (secondary N) is 3. The third-order valence-electron chi connectivity index (χ3n) is 3.30. The minimum absolute atomic E-state index is 0.00280. The summed E-state index contributed by atoms with van der Waals surface area (Å²) in [4.78, 5) is 25.5. The Kier molecular flexibility index (Phi) is 7.43. The summed E-state index contributed by atoms with van der Waals surface area (Å²) in [6, 6.07) is -0.124. The molecule has 1 unspecified atom stereocenters. The first-order chi connectivity index (χ1) is 9.15. The van der Waals surface area contributed by atoms with E-state index in [0.29, 0.717) is 19.5 Å². The lowest BCUT2D eigenvalue weighted by atomic mass is 10.2. The molecule has 0 aliphatic carbocycles. The van der Waals surface area contributed by atoms with Crippen molar-refractivity contribution in [2.24, 2.45) is 0 Å². The summed E-state index contributed by atoms with van der Waals surface area (Å²) in [5.41, 5.74) is 0. The van der Waals surface area contributed by atoms with E-state index in [-0.39, 0.29) is 17.9 Å². The van der Waals surface area contributed by atoms with Crippen LogP contribution in [0.1, 0.15) is 26.7 Å². The number of piperazine rings is 1. The lowest BCUT2D eigenvalue weighted by Crippen LogP contribution is -2.52. The molecule has 110 valence electrons. The Bertz CT molecular complexity index is 290. The van der Waals surface area contributed by atoms with Crippen molar-refractivity contribution in [3.05, 3.63) is 0 Å². The van der Waals surface area contributed by atoms with E-state index >= 15 is 0 Å². The second kappa shape index (κ2) is 8.87. The number of carbonyl (C=O) groups is 2. The highest BCUT2D eigenvalue weighted by atomic mass is 16.2. The van der Waals surface area contributed by atoms with Gasteiger partial charge < -0.3 is 16.0 Å². The molecule has 1 aliphatic rings. The van der Waals surface area contributed by atoms with Crippen LogP contribution in [0.3, 0.4) is 0 Å². The molecule has 1 fully saturated rings. The van der Waals surface area contributed by atoms with Crippen LogP contribution in [0.2, 0.25) is 0 Å². The van der Waals surface area contributed by atoms with Crippen LogP contribution in [0, 0.1) is 0 Å². The lowest BCUT2D eigenvalue weighted by Gasteiger charge is -2.31. The molecule has 1 aliphatic heterocycles. The number of amides is 2. The Morgan fingerprint density at radius 2 is 1.89 bits per heavy atom. The lowest BCUT2D eigenvalue weighted by molar-refractivity contribution is -0.126. The summed E-state index contributed by atoms with van der Waals surface area (Å²) in [7, 11) is 0. The quantitative estimate of drug-likeness (QED) is 0.573. The summed E-state index contributed by atoms with van der Waals surface area (Å²) < 4.78 is 0. The van der Waals surface area contributed by atoms with Crippen molar-refractivity contribution in [2.75, 3.05) is 39.3 Å². The maximum atomic E-state index is 11.9. The first-order valence-corrected chi connectivity index (χ1v) is 7.14. The minimum atomic E-state index is -0.124. The number of hydrogen-bond acceptors (Lipinski definition) is 4. The molecule has 2 amide bonds. The van der Waals surface area contributed by atoms with E-state index in [2.05, 4.69) is 20.9 Å². The van der Waals surface area contributed by atoms with Crippen LogP contribution in [-0.4, -0.2) is 62.0 Å². The molecule has 1 saturated heterocycles. The summed E-state index contributed by atoms with van der Waals surface area (Å²) in [6.45, 7) is 8.68. The molecule has 3 N–H and O–H groups in total. The zero-order valence-electron chi connectivity index (χ0n) is 12.0. The Morgan fingerprint density at radius 3 is 2.53 bits per heavy atom. The second-order valence-electron chi connectivity index (χ2n) is 4.85. The molecular weight excluding hydrogens is 244 g/mol. The molecule has 0 bridgehead atoms. The van der Waals surface area contributed by atoms with E-state index in [0.717, 1.165) is 32.6 Å². The van der Waals surface area contributed by atoms with Gasteiger partial charge in [0, 0.05) is 45.7 Å². The van der Waals surface area contributed by atoms with Gasteiger partial charge in [0.15, 0.2) is 0 Å². The van der Waals surface area contributed by atoms with E-state index in [1.165, 1.54) is 0 Å². The topological polar surface area (TPSA) is 73.5 Å². The molecule has 0 radical (unpaired) electrons. The van der Waals surface area contributed by atoms with E-state index in [4.69, 9.17) is 0 Å². The van der Waals surface area contributed by atoms with Crippen LogP contribution in [0.25, 0.3) is 0 Å². The molecule has 1 atom stereocenters. The zero-order chi connectivity index (χ0) is 14.1. The van der Waals surface area contributed by atoms with Gasteiger partial charge in [0.05, 0.1) is 6.04 Å². The van der Waals surface area contributed by atoms with Gasteiger partial charge in [-0.15, -0.1) is 0 Å². The normalized spacial score (nSPS) is 17.8. The molecule has 0 saturated carbocycles. The van der Waals surface area contributed by atoms with Crippen molar-refractivity contribution in [3.63, 3.8) is 0 Å². The van der Waals surface area contributed by atoms with E-state index in [1.807, 2.05) is 13.8 Å². The highest BCUT2D eigenvalue weighted by Gasteiger charge is 2.22. The fraction of sp³-hybridized carbons (Fsp3) is 0.846. The SMILES string of the molecule is CCCNC(=O)CCNC(=O)C(C)N1CCNCC1. The Morgan fingerprint density at radius 1 is 1.21 bits per heavy atom. The van der Waals surface area contributed by atoms with Gasteiger partial charge in [-0.25, -0.2) is 0 Å². The average molecular weight is 270 g/mol. The van der Waals surface area contributed by atoms with Gasteiger partial charge in [-0.05, 0) is 13.3 Å². The third-order valence-corrected chi connectivity index (χ3v) is 3.30. The van der Waals surface area contributed by atoms with Crippen molar-refractivity contribution in [3.8, 4) is 0 Å². The van der Waals surface area contributed by atoms with Gasteiger partial charge in [-0.3, -0.25) is 14.5 Å². The van der Waals surface area contributed by atoms with E-state index in [9.17, 15) is 9.59 Å². The molecule has 0 spiro atoms. The molecule has 0 aromatic carbocycles. The number of carbonyl (C=O) groups excluding carboxylic acids is 2. The summed E-state index contributed by atoms with van der Waals surface area (Å²) in [6.07, 6.45) is 1.28.